The van der Waals surface area contributed by atoms with Crippen LogP contribution in [0.25, 0.3) is 4.96 Å². The first kappa shape index (κ1) is 14.6. The van der Waals surface area contributed by atoms with Crippen LogP contribution in [0, 0.1) is 13.8 Å². The summed E-state index contributed by atoms with van der Waals surface area (Å²) in [7, 11) is 0. The molecule has 3 aromatic rings. The average molecular weight is 333 g/mol. The fourth-order valence-corrected chi connectivity index (χ4v) is 3.85. The van der Waals surface area contributed by atoms with Crippen molar-refractivity contribution in [2.75, 3.05) is 31.1 Å². The molecule has 0 aromatic carbocycles. The third-order valence-corrected chi connectivity index (χ3v) is 5.17. The van der Waals surface area contributed by atoms with E-state index >= 15 is 0 Å². The molecule has 1 fully saturated rings. The van der Waals surface area contributed by atoms with Gasteiger partial charge in [0, 0.05) is 26.2 Å². The Kier molecular flexibility index (Phi) is 3.53. The molecule has 0 saturated carbocycles. The fraction of sp³-hybridized carbons (Fsp3) is 0.571. The van der Waals surface area contributed by atoms with E-state index in [0.717, 1.165) is 42.0 Å². The Morgan fingerprint density at radius 1 is 1.17 bits per heavy atom. The van der Waals surface area contributed by atoms with Crippen LogP contribution < -0.4 is 4.90 Å². The summed E-state index contributed by atoms with van der Waals surface area (Å²) < 4.78 is 7.16. The number of imidazole rings is 1. The number of piperazine rings is 1. The highest BCUT2D eigenvalue weighted by Gasteiger charge is 2.26. The molecule has 4 rings (SSSR count). The molecule has 0 bridgehead atoms. The second-order valence-electron chi connectivity index (χ2n) is 5.87. The van der Waals surface area contributed by atoms with Gasteiger partial charge in [-0.2, -0.15) is 4.98 Å². The Morgan fingerprint density at radius 2 is 1.96 bits per heavy atom. The van der Waals surface area contributed by atoms with Crippen LogP contribution in [0.3, 0.4) is 0 Å². The Labute approximate surface area is 137 Å². The van der Waals surface area contributed by atoms with Crippen LogP contribution >= 0.6 is 11.3 Å². The van der Waals surface area contributed by atoms with Crippen LogP contribution in [0.15, 0.2) is 10.7 Å². The zero-order chi connectivity index (χ0) is 16.0. The summed E-state index contributed by atoms with van der Waals surface area (Å²) in [6.45, 7) is 9.72. The van der Waals surface area contributed by atoms with Gasteiger partial charge < -0.3 is 9.42 Å². The minimum Gasteiger partial charge on any atom is -0.344 e. The van der Waals surface area contributed by atoms with E-state index in [1.165, 1.54) is 0 Å². The lowest BCUT2D eigenvalue weighted by molar-refractivity contribution is 0.164. The van der Waals surface area contributed by atoms with E-state index in [9.17, 15) is 0 Å². The van der Waals surface area contributed by atoms with Crippen molar-refractivity contribution in [2.45, 2.75) is 26.8 Å². The van der Waals surface area contributed by atoms with Gasteiger partial charge in [0.05, 0.1) is 17.9 Å². The molecule has 1 saturated heterocycles. The molecule has 0 aliphatic carbocycles. The first-order valence-electron chi connectivity index (χ1n) is 7.72. The van der Waals surface area contributed by atoms with E-state index in [1.54, 1.807) is 11.3 Å². The minimum atomic E-state index is 0.148. The van der Waals surface area contributed by atoms with Crippen molar-refractivity contribution < 1.29 is 4.52 Å². The van der Waals surface area contributed by atoms with Crippen LogP contribution in [0.5, 0.6) is 0 Å². The molecule has 1 atom stereocenters. The van der Waals surface area contributed by atoms with E-state index in [4.69, 9.17) is 4.52 Å². The number of rotatable bonds is 3. The topological polar surface area (TPSA) is 75.6 Å². The van der Waals surface area contributed by atoms with Crippen LogP contribution in [0.1, 0.15) is 30.4 Å². The largest absolute Gasteiger partial charge is 0.344 e. The maximum Gasteiger partial charge on any atom is 0.243 e. The highest BCUT2D eigenvalue weighted by molar-refractivity contribution is 7.20. The number of anilines is 1. The Balaban J connectivity index is 1.43. The summed E-state index contributed by atoms with van der Waals surface area (Å²) >= 11 is 1.64. The summed E-state index contributed by atoms with van der Waals surface area (Å²) in [5.41, 5.74) is 1.00. The summed E-state index contributed by atoms with van der Waals surface area (Å²) in [6, 6.07) is 0.148. The molecular formula is C14H19N7OS. The van der Waals surface area contributed by atoms with Gasteiger partial charge in [-0.3, -0.25) is 4.90 Å². The van der Waals surface area contributed by atoms with E-state index in [2.05, 4.69) is 36.9 Å². The molecule has 0 spiro atoms. The molecule has 23 heavy (non-hydrogen) atoms. The summed E-state index contributed by atoms with van der Waals surface area (Å²) in [6.07, 6.45) is 1.96. The first-order chi connectivity index (χ1) is 11.1. The maximum absolute atomic E-state index is 5.29. The monoisotopic (exact) mass is 333 g/mol. The van der Waals surface area contributed by atoms with E-state index < -0.39 is 0 Å². The number of aromatic nitrogens is 5. The van der Waals surface area contributed by atoms with Crippen molar-refractivity contribution in [1.82, 2.24) is 29.6 Å². The second-order valence-corrected chi connectivity index (χ2v) is 6.81. The molecule has 1 aliphatic heterocycles. The third kappa shape index (κ3) is 2.70. The predicted octanol–water partition coefficient (Wildman–Crippen LogP) is 1.67. The van der Waals surface area contributed by atoms with Gasteiger partial charge in [0.15, 0.2) is 5.82 Å². The summed E-state index contributed by atoms with van der Waals surface area (Å²) in [5, 5.41) is 9.54. The molecule has 122 valence electrons. The zero-order valence-electron chi connectivity index (χ0n) is 13.4. The highest BCUT2D eigenvalue weighted by atomic mass is 32.1. The van der Waals surface area contributed by atoms with Gasteiger partial charge in [-0.1, -0.05) is 16.5 Å². The molecule has 0 N–H and O–H groups in total. The molecule has 8 nitrogen and oxygen atoms in total. The summed E-state index contributed by atoms with van der Waals surface area (Å²) in [4.78, 5) is 14.4. The highest BCUT2D eigenvalue weighted by Crippen LogP contribution is 2.26. The lowest BCUT2D eigenvalue weighted by Crippen LogP contribution is -2.47. The molecule has 3 aromatic heterocycles. The van der Waals surface area contributed by atoms with Crippen molar-refractivity contribution in [3.05, 3.63) is 23.6 Å². The van der Waals surface area contributed by atoms with Crippen molar-refractivity contribution in [2.24, 2.45) is 0 Å². The molecule has 0 amide bonds. The number of aryl methyl sites for hydroxylation is 2. The van der Waals surface area contributed by atoms with Crippen LogP contribution in [-0.2, 0) is 0 Å². The Hall–Kier alpha value is -2.00. The Morgan fingerprint density at radius 3 is 2.61 bits per heavy atom. The molecule has 1 aliphatic rings. The lowest BCUT2D eigenvalue weighted by Gasteiger charge is -2.36. The lowest BCUT2D eigenvalue weighted by atomic mass is 10.2. The fourth-order valence-electron chi connectivity index (χ4n) is 2.87. The second kappa shape index (κ2) is 5.57. The molecular weight excluding hydrogens is 314 g/mol. The molecule has 0 radical (unpaired) electrons. The maximum atomic E-state index is 5.29. The average Bonchev–Trinajstić information content (AvgIpc) is 3.21. The number of nitrogens with zero attached hydrogens (tertiary/aromatic N) is 7. The first-order valence-corrected chi connectivity index (χ1v) is 8.54. The quantitative estimate of drug-likeness (QED) is 0.721. The van der Waals surface area contributed by atoms with Crippen molar-refractivity contribution in [1.29, 1.82) is 0 Å². The third-order valence-electron chi connectivity index (χ3n) is 4.19. The van der Waals surface area contributed by atoms with Gasteiger partial charge in [0.25, 0.3) is 0 Å². The van der Waals surface area contributed by atoms with E-state index in [0.29, 0.717) is 11.7 Å². The normalized spacial score (nSPS) is 18.0. The molecule has 9 heteroatoms. The van der Waals surface area contributed by atoms with Crippen molar-refractivity contribution >= 4 is 21.4 Å². The van der Waals surface area contributed by atoms with Crippen LogP contribution in [0.2, 0.25) is 0 Å². The Bertz CT molecular complexity index is 783. The SMILES string of the molecule is Cc1cn2nc(N3CCN([C@H](C)c4nc(C)no4)CC3)sc2n1. The minimum absolute atomic E-state index is 0.148. The van der Waals surface area contributed by atoms with Gasteiger partial charge in [0.2, 0.25) is 16.0 Å². The molecule has 4 heterocycles. The predicted molar refractivity (Wildman–Crippen MR) is 86.8 cm³/mol. The number of fused-ring (bicyclic) bond motifs is 1. The van der Waals surface area contributed by atoms with Gasteiger partial charge in [-0.25, -0.2) is 9.50 Å². The van der Waals surface area contributed by atoms with Crippen molar-refractivity contribution in [3.63, 3.8) is 0 Å². The van der Waals surface area contributed by atoms with E-state index in [-0.39, 0.29) is 6.04 Å². The summed E-state index contributed by atoms with van der Waals surface area (Å²) in [5.74, 6) is 1.38. The van der Waals surface area contributed by atoms with E-state index in [1.807, 2.05) is 24.6 Å². The molecule has 0 unspecified atom stereocenters. The van der Waals surface area contributed by atoms with Crippen LogP contribution in [-0.4, -0.2) is 55.8 Å². The zero-order valence-corrected chi connectivity index (χ0v) is 14.2. The van der Waals surface area contributed by atoms with Crippen molar-refractivity contribution in [3.8, 4) is 0 Å². The standard InChI is InChI=1S/C14H19N7OS/c1-9-8-21-13(15-9)23-14(17-21)20-6-4-19(5-7-20)10(2)12-16-11(3)18-22-12/h8,10H,4-7H2,1-3H3/t10-/m1/s1. The van der Waals surface area contributed by atoms with Crippen LogP contribution in [0.4, 0.5) is 5.13 Å². The smallest absolute Gasteiger partial charge is 0.243 e. The van der Waals surface area contributed by atoms with Gasteiger partial charge in [-0.05, 0) is 20.8 Å². The van der Waals surface area contributed by atoms with Gasteiger partial charge >= 0.3 is 0 Å². The number of hydrogen-bond acceptors (Lipinski definition) is 8. The van der Waals surface area contributed by atoms with Gasteiger partial charge in [-0.15, -0.1) is 5.10 Å². The van der Waals surface area contributed by atoms with Gasteiger partial charge in [0.1, 0.15) is 0 Å². The number of hydrogen-bond donors (Lipinski definition) is 0.